The van der Waals surface area contributed by atoms with E-state index in [1.807, 2.05) is 0 Å². The molecule has 0 unspecified atom stereocenters. The van der Waals surface area contributed by atoms with Crippen molar-refractivity contribution in [3.05, 3.63) is 65.7 Å². The molecule has 21 heavy (non-hydrogen) atoms. The molecule has 106 valence electrons. The first-order valence-electron chi connectivity index (χ1n) is 6.34. The number of ketones is 1. The van der Waals surface area contributed by atoms with E-state index in [0.29, 0.717) is 11.3 Å². The molecule has 0 spiro atoms. The Morgan fingerprint density at radius 3 is 2.19 bits per heavy atom. The van der Waals surface area contributed by atoms with Crippen LogP contribution in [0, 0.1) is 0 Å². The third kappa shape index (κ3) is 4.31. The van der Waals surface area contributed by atoms with Gasteiger partial charge in [-0.1, -0.05) is 18.2 Å². The lowest BCUT2D eigenvalue weighted by atomic mass is 10.1. The molecule has 0 heterocycles. The third-order valence-corrected chi connectivity index (χ3v) is 2.72. The summed E-state index contributed by atoms with van der Waals surface area (Å²) in [5, 5.41) is 9.17. The zero-order valence-electron chi connectivity index (χ0n) is 11.4. The maximum Gasteiger partial charge on any atom is 0.308 e. The summed E-state index contributed by atoms with van der Waals surface area (Å²) in [7, 11) is 0. The molecule has 4 nitrogen and oxygen atoms in total. The van der Waals surface area contributed by atoms with Crippen LogP contribution in [0.3, 0.4) is 0 Å². The molecule has 0 radical (unpaired) electrons. The van der Waals surface area contributed by atoms with Gasteiger partial charge in [0.15, 0.2) is 5.78 Å². The predicted octanol–water partition coefficient (Wildman–Crippen LogP) is 3.21. The Bertz CT molecular complexity index is 667. The van der Waals surface area contributed by atoms with Gasteiger partial charge >= 0.3 is 5.97 Å². The Kier molecular flexibility index (Phi) is 4.51. The number of hydrogen-bond acceptors (Lipinski definition) is 4. The second-order valence-electron chi connectivity index (χ2n) is 4.41. The highest BCUT2D eigenvalue weighted by atomic mass is 16.5. The van der Waals surface area contributed by atoms with Crippen molar-refractivity contribution < 1.29 is 19.4 Å². The molecule has 0 atom stereocenters. The smallest absolute Gasteiger partial charge is 0.308 e. The van der Waals surface area contributed by atoms with Gasteiger partial charge in [-0.3, -0.25) is 9.59 Å². The number of phenols is 1. The summed E-state index contributed by atoms with van der Waals surface area (Å²) in [5.74, 6) is 0.0276. The van der Waals surface area contributed by atoms with Crippen molar-refractivity contribution in [1.82, 2.24) is 0 Å². The minimum Gasteiger partial charge on any atom is -0.508 e. The Balaban J connectivity index is 2.06. The zero-order valence-corrected chi connectivity index (χ0v) is 11.4. The predicted molar refractivity (Wildman–Crippen MR) is 79.2 cm³/mol. The van der Waals surface area contributed by atoms with Crippen molar-refractivity contribution in [3.63, 3.8) is 0 Å². The Labute approximate surface area is 122 Å². The number of esters is 1. The molecule has 0 amide bonds. The van der Waals surface area contributed by atoms with Gasteiger partial charge in [0.2, 0.25) is 0 Å². The fourth-order valence-electron chi connectivity index (χ4n) is 1.71. The number of rotatable bonds is 4. The summed E-state index contributed by atoms with van der Waals surface area (Å²) in [4.78, 5) is 22.8. The van der Waals surface area contributed by atoms with Gasteiger partial charge in [0.05, 0.1) is 0 Å². The van der Waals surface area contributed by atoms with Gasteiger partial charge in [-0.2, -0.15) is 0 Å². The maximum atomic E-state index is 12.0. The van der Waals surface area contributed by atoms with E-state index in [1.54, 1.807) is 54.6 Å². The lowest BCUT2D eigenvalue weighted by molar-refractivity contribution is -0.131. The van der Waals surface area contributed by atoms with Crippen LogP contribution in [0.15, 0.2) is 54.6 Å². The first-order valence-corrected chi connectivity index (χ1v) is 6.34. The maximum absolute atomic E-state index is 12.0. The number of aromatic hydroxyl groups is 1. The molecule has 0 aromatic heterocycles. The van der Waals surface area contributed by atoms with E-state index >= 15 is 0 Å². The topological polar surface area (TPSA) is 63.6 Å². The summed E-state index contributed by atoms with van der Waals surface area (Å²) in [6.45, 7) is 1.32. The highest BCUT2D eigenvalue weighted by molar-refractivity contribution is 6.06. The van der Waals surface area contributed by atoms with Crippen LogP contribution in [0.2, 0.25) is 0 Å². The average Bonchev–Trinajstić information content (AvgIpc) is 2.46. The number of carbonyl (C=O) groups excluding carboxylic acids is 2. The molecule has 4 heteroatoms. The van der Waals surface area contributed by atoms with Gasteiger partial charge in [0.25, 0.3) is 0 Å². The van der Waals surface area contributed by atoms with Crippen molar-refractivity contribution in [1.29, 1.82) is 0 Å². The van der Waals surface area contributed by atoms with Crippen molar-refractivity contribution in [2.45, 2.75) is 6.92 Å². The number of allylic oxidation sites excluding steroid dienone is 1. The molecule has 0 aliphatic carbocycles. The van der Waals surface area contributed by atoms with E-state index in [4.69, 9.17) is 4.74 Å². The van der Waals surface area contributed by atoms with Gasteiger partial charge in [-0.15, -0.1) is 0 Å². The normalized spacial score (nSPS) is 10.5. The molecule has 2 aromatic carbocycles. The van der Waals surface area contributed by atoms with Gasteiger partial charge in [0.1, 0.15) is 11.5 Å². The number of carbonyl (C=O) groups is 2. The number of ether oxygens (including phenoxy) is 1. The Hall–Kier alpha value is -2.88. The average molecular weight is 282 g/mol. The van der Waals surface area contributed by atoms with E-state index < -0.39 is 5.97 Å². The summed E-state index contributed by atoms with van der Waals surface area (Å²) < 4.78 is 4.90. The quantitative estimate of drug-likeness (QED) is 0.405. The highest BCUT2D eigenvalue weighted by Gasteiger charge is 2.03. The Morgan fingerprint density at radius 1 is 1.00 bits per heavy atom. The van der Waals surface area contributed by atoms with Crippen LogP contribution in [0.1, 0.15) is 22.8 Å². The second kappa shape index (κ2) is 6.52. The van der Waals surface area contributed by atoms with Crippen LogP contribution in [0.5, 0.6) is 11.5 Å². The molecule has 2 aromatic rings. The van der Waals surface area contributed by atoms with E-state index in [9.17, 15) is 14.7 Å². The fraction of sp³-hybridized carbons (Fsp3) is 0.0588. The standard InChI is InChI=1S/C17H14O4/c1-12(18)21-16-9-5-14(6-10-16)17(20)11-4-13-2-7-15(19)8-3-13/h2-11,19H,1H3/b11-4+. The first kappa shape index (κ1) is 14.5. The summed E-state index contributed by atoms with van der Waals surface area (Å²) in [6.07, 6.45) is 3.12. The minimum atomic E-state index is -0.402. The van der Waals surface area contributed by atoms with Gasteiger partial charge in [-0.25, -0.2) is 0 Å². The van der Waals surface area contributed by atoms with Crippen LogP contribution < -0.4 is 4.74 Å². The van der Waals surface area contributed by atoms with Crippen molar-refractivity contribution in [2.24, 2.45) is 0 Å². The van der Waals surface area contributed by atoms with Crippen LogP contribution >= 0.6 is 0 Å². The molecule has 0 fully saturated rings. The summed E-state index contributed by atoms with van der Waals surface area (Å²) >= 11 is 0. The van der Waals surface area contributed by atoms with Crippen molar-refractivity contribution in [2.75, 3.05) is 0 Å². The second-order valence-corrected chi connectivity index (χ2v) is 4.41. The SMILES string of the molecule is CC(=O)Oc1ccc(C(=O)/C=C/c2ccc(O)cc2)cc1. The molecule has 1 N–H and O–H groups in total. The van der Waals surface area contributed by atoms with Crippen LogP contribution in [0.4, 0.5) is 0 Å². The molecule has 0 saturated carbocycles. The van der Waals surface area contributed by atoms with Crippen LogP contribution in [-0.4, -0.2) is 16.9 Å². The van der Waals surface area contributed by atoms with Crippen molar-refractivity contribution in [3.8, 4) is 11.5 Å². The van der Waals surface area contributed by atoms with Crippen LogP contribution in [-0.2, 0) is 4.79 Å². The van der Waals surface area contributed by atoms with E-state index in [-0.39, 0.29) is 11.5 Å². The van der Waals surface area contributed by atoms with Crippen LogP contribution in [0.25, 0.3) is 6.08 Å². The third-order valence-electron chi connectivity index (χ3n) is 2.72. The van der Waals surface area contributed by atoms with E-state index in [0.717, 1.165) is 5.56 Å². The van der Waals surface area contributed by atoms with Gasteiger partial charge < -0.3 is 9.84 Å². The number of hydrogen-bond donors (Lipinski definition) is 1. The number of phenolic OH excluding ortho intramolecular Hbond substituents is 1. The number of benzene rings is 2. The Morgan fingerprint density at radius 2 is 1.62 bits per heavy atom. The fourth-order valence-corrected chi connectivity index (χ4v) is 1.71. The molecule has 0 aliphatic heterocycles. The molecular formula is C17H14O4. The van der Waals surface area contributed by atoms with Gasteiger partial charge in [0, 0.05) is 12.5 Å². The molecule has 0 bridgehead atoms. The lowest BCUT2D eigenvalue weighted by Crippen LogP contribution is -2.01. The molecule has 2 rings (SSSR count). The van der Waals surface area contributed by atoms with Crippen molar-refractivity contribution >= 4 is 17.8 Å². The lowest BCUT2D eigenvalue weighted by Gasteiger charge is -2.01. The first-order chi connectivity index (χ1) is 10.0. The van der Waals surface area contributed by atoms with Gasteiger partial charge in [-0.05, 0) is 48.0 Å². The molecule has 0 saturated heterocycles. The minimum absolute atomic E-state index is 0.155. The van der Waals surface area contributed by atoms with E-state index in [1.165, 1.54) is 13.0 Å². The molecule has 0 aliphatic rings. The summed E-state index contributed by atoms with van der Waals surface area (Å²) in [6, 6.07) is 12.9. The zero-order chi connectivity index (χ0) is 15.2. The highest BCUT2D eigenvalue weighted by Crippen LogP contribution is 2.14. The molecular weight excluding hydrogens is 268 g/mol. The summed E-state index contributed by atoms with van der Waals surface area (Å²) in [5.41, 5.74) is 1.32. The largest absolute Gasteiger partial charge is 0.508 e. The monoisotopic (exact) mass is 282 g/mol. The van der Waals surface area contributed by atoms with E-state index in [2.05, 4.69) is 0 Å².